The molecule has 3 N–H and O–H groups in total. The van der Waals surface area contributed by atoms with E-state index < -0.39 is 29.2 Å². The van der Waals surface area contributed by atoms with Crippen LogP contribution in [0.5, 0.6) is 5.75 Å². The number of alkyl halides is 3. The van der Waals surface area contributed by atoms with Gasteiger partial charge in [0.15, 0.2) is 11.0 Å². The third kappa shape index (κ3) is 4.58. The molecular weight excluding hydrogens is 427 g/mol. The summed E-state index contributed by atoms with van der Waals surface area (Å²) in [4.78, 5) is 23.2. The second-order valence-electron chi connectivity index (χ2n) is 6.38. The van der Waals surface area contributed by atoms with E-state index in [0.29, 0.717) is 0 Å². The number of carboxylic acids is 1. The van der Waals surface area contributed by atoms with Gasteiger partial charge >= 0.3 is 12.1 Å². The highest BCUT2D eigenvalue weighted by atomic mass is 35.5. The number of fused-ring (bicyclic) bond motifs is 1. The number of hydrogen-bond acceptors (Lipinski definition) is 5. The van der Waals surface area contributed by atoms with Crippen LogP contribution in [0.1, 0.15) is 12.0 Å². The minimum atomic E-state index is -4.64. The van der Waals surface area contributed by atoms with Crippen LogP contribution < -0.4 is 15.9 Å². The zero-order valence-corrected chi connectivity index (χ0v) is 16.0. The van der Waals surface area contributed by atoms with Crippen molar-refractivity contribution in [3.05, 3.63) is 63.3 Å². The summed E-state index contributed by atoms with van der Waals surface area (Å²) in [6, 6.07) is 7.15. The Labute approximate surface area is 172 Å². The highest BCUT2D eigenvalue weighted by Crippen LogP contribution is 2.38. The lowest BCUT2D eigenvalue weighted by molar-refractivity contribution is -0.139. The van der Waals surface area contributed by atoms with E-state index in [0.717, 1.165) is 24.3 Å². The second kappa shape index (κ2) is 8.37. The summed E-state index contributed by atoms with van der Waals surface area (Å²) in [5.74, 6) is -1.55. The largest absolute Gasteiger partial charge is 0.493 e. The fourth-order valence-electron chi connectivity index (χ4n) is 2.72. The van der Waals surface area contributed by atoms with Gasteiger partial charge < -0.3 is 20.0 Å². The number of rotatable bonds is 6. The molecule has 0 unspecified atom stereocenters. The van der Waals surface area contributed by atoms with E-state index in [1.54, 1.807) is 6.07 Å². The number of aliphatic carboxylic acids is 1. The first-order chi connectivity index (χ1) is 14.1. The SMILES string of the molecule is N[C@@H](CCOc1cc(C(F)(F)F)ccc1-c1cc(=O)c2cccc(Cl)c2o1)C(=O)O. The fraction of sp³-hybridized carbons (Fsp3) is 0.200. The highest BCUT2D eigenvalue weighted by molar-refractivity contribution is 6.34. The fourth-order valence-corrected chi connectivity index (χ4v) is 2.93. The molecule has 1 atom stereocenters. The van der Waals surface area contributed by atoms with Crippen LogP contribution in [0.3, 0.4) is 0 Å². The van der Waals surface area contributed by atoms with Gasteiger partial charge in [0, 0.05) is 12.5 Å². The molecule has 30 heavy (non-hydrogen) atoms. The third-order valence-electron chi connectivity index (χ3n) is 4.28. The molecule has 10 heteroatoms. The molecule has 3 aromatic rings. The van der Waals surface area contributed by atoms with Gasteiger partial charge in [0.2, 0.25) is 0 Å². The molecule has 0 saturated heterocycles. The van der Waals surface area contributed by atoms with Gasteiger partial charge in [0.05, 0.1) is 28.1 Å². The van der Waals surface area contributed by atoms with E-state index in [4.69, 9.17) is 31.6 Å². The lowest BCUT2D eigenvalue weighted by atomic mass is 10.1. The molecule has 2 aromatic carbocycles. The molecular formula is C20H15ClF3NO5. The molecule has 1 heterocycles. The quantitative estimate of drug-likeness (QED) is 0.590. The van der Waals surface area contributed by atoms with Gasteiger partial charge in [0.25, 0.3) is 0 Å². The lowest BCUT2D eigenvalue weighted by Crippen LogP contribution is -2.31. The van der Waals surface area contributed by atoms with Crippen molar-refractivity contribution in [2.24, 2.45) is 5.73 Å². The van der Waals surface area contributed by atoms with Crippen molar-refractivity contribution in [2.45, 2.75) is 18.6 Å². The van der Waals surface area contributed by atoms with E-state index in [1.807, 2.05) is 0 Å². The Balaban J connectivity index is 2.07. The van der Waals surface area contributed by atoms with Gasteiger partial charge in [-0.15, -0.1) is 0 Å². The Morgan fingerprint density at radius 3 is 2.63 bits per heavy atom. The van der Waals surface area contributed by atoms with Crippen molar-refractivity contribution in [3.8, 4) is 17.1 Å². The molecule has 0 amide bonds. The molecule has 158 valence electrons. The number of ether oxygens (including phenoxy) is 1. The predicted octanol–water partition coefficient (Wildman–Crippen LogP) is 4.31. The van der Waals surface area contributed by atoms with Crippen molar-refractivity contribution in [1.82, 2.24) is 0 Å². The Morgan fingerprint density at radius 2 is 1.97 bits per heavy atom. The van der Waals surface area contributed by atoms with Crippen molar-refractivity contribution in [3.63, 3.8) is 0 Å². The number of hydrogen-bond donors (Lipinski definition) is 2. The number of carbonyl (C=O) groups is 1. The molecule has 0 radical (unpaired) electrons. The number of nitrogens with two attached hydrogens (primary N) is 1. The summed E-state index contributed by atoms with van der Waals surface area (Å²) in [6.07, 6.45) is -4.78. The average molecular weight is 442 g/mol. The van der Waals surface area contributed by atoms with Crippen LogP contribution >= 0.6 is 11.6 Å². The van der Waals surface area contributed by atoms with Gasteiger partial charge in [-0.05, 0) is 30.3 Å². The van der Waals surface area contributed by atoms with Crippen LogP contribution in [0.4, 0.5) is 13.2 Å². The molecule has 0 spiro atoms. The van der Waals surface area contributed by atoms with E-state index in [2.05, 4.69) is 0 Å². The summed E-state index contributed by atoms with van der Waals surface area (Å²) in [7, 11) is 0. The van der Waals surface area contributed by atoms with E-state index >= 15 is 0 Å². The van der Waals surface area contributed by atoms with E-state index in [1.165, 1.54) is 12.1 Å². The van der Waals surface area contributed by atoms with E-state index in [9.17, 15) is 22.8 Å². The maximum absolute atomic E-state index is 13.1. The molecule has 0 aliphatic rings. The molecule has 1 aromatic heterocycles. The van der Waals surface area contributed by atoms with Crippen molar-refractivity contribution in [1.29, 1.82) is 0 Å². The molecule has 0 bridgehead atoms. The van der Waals surface area contributed by atoms with Gasteiger partial charge in [-0.1, -0.05) is 17.7 Å². The Hall–Kier alpha value is -3.04. The van der Waals surface area contributed by atoms with Gasteiger partial charge in [-0.3, -0.25) is 9.59 Å². The van der Waals surface area contributed by atoms with Crippen LogP contribution in [0.15, 0.2) is 51.7 Å². The number of para-hydroxylation sites is 1. The first kappa shape index (κ1) is 21.7. The van der Waals surface area contributed by atoms with Crippen LogP contribution in [-0.2, 0) is 11.0 Å². The van der Waals surface area contributed by atoms with Crippen molar-refractivity contribution in [2.75, 3.05) is 6.61 Å². The molecule has 0 aliphatic carbocycles. The Bertz CT molecular complexity index is 1160. The molecule has 0 aliphatic heterocycles. The number of benzene rings is 2. The van der Waals surface area contributed by atoms with Crippen molar-refractivity contribution >= 4 is 28.5 Å². The number of halogens is 4. The molecule has 3 rings (SSSR count). The Morgan fingerprint density at radius 1 is 1.23 bits per heavy atom. The van der Waals surface area contributed by atoms with Gasteiger partial charge in [-0.2, -0.15) is 13.2 Å². The maximum atomic E-state index is 13.1. The van der Waals surface area contributed by atoms with Crippen LogP contribution in [0.2, 0.25) is 5.02 Å². The van der Waals surface area contributed by atoms with Crippen molar-refractivity contribution < 1.29 is 32.2 Å². The third-order valence-corrected chi connectivity index (χ3v) is 4.58. The van der Waals surface area contributed by atoms with Gasteiger partial charge in [-0.25, -0.2) is 0 Å². The highest BCUT2D eigenvalue weighted by Gasteiger charge is 2.32. The standard InChI is InChI=1S/C20H15ClF3NO5/c21-13-3-1-2-11-15(26)9-17(30-18(11)13)12-5-4-10(20(22,23)24)8-16(12)29-7-6-14(25)19(27)28/h1-5,8-9,14H,6-7,25H2,(H,27,28)/t14-/m0/s1. The summed E-state index contributed by atoms with van der Waals surface area (Å²) in [6.45, 7) is -0.264. The summed E-state index contributed by atoms with van der Waals surface area (Å²) >= 11 is 6.08. The smallest absolute Gasteiger partial charge is 0.416 e. The average Bonchev–Trinajstić information content (AvgIpc) is 2.67. The second-order valence-corrected chi connectivity index (χ2v) is 6.79. The Kier molecular flexibility index (Phi) is 6.04. The molecule has 0 saturated carbocycles. The van der Waals surface area contributed by atoms with Gasteiger partial charge in [0.1, 0.15) is 17.6 Å². The minimum absolute atomic E-state index is 0.0492. The maximum Gasteiger partial charge on any atom is 0.416 e. The monoisotopic (exact) mass is 441 g/mol. The molecule has 6 nitrogen and oxygen atoms in total. The predicted molar refractivity (Wildman–Crippen MR) is 104 cm³/mol. The zero-order valence-electron chi connectivity index (χ0n) is 15.2. The number of carboxylic acid groups (broad SMARTS) is 1. The zero-order chi connectivity index (χ0) is 22.1. The lowest BCUT2D eigenvalue weighted by Gasteiger charge is -2.15. The summed E-state index contributed by atoms with van der Waals surface area (Å²) < 4.78 is 50.5. The summed E-state index contributed by atoms with van der Waals surface area (Å²) in [5, 5.41) is 9.20. The first-order valence-electron chi connectivity index (χ1n) is 8.63. The van der Waals surface area contributed by atoms with E-state index in [-0.39, 0.29) is 46.1 Å². The topological polar surface area (TPSA) is 103 Å². The molecule has 0 fully saturated rings. The van der Waals surface area contributed by atoms with Crippen LogP contribution in [-0.4, -0.2) is 23.7 Å². The summed E-state index contributed by atoms with van der Waals surface area (Å²) in [5.41, 5.74) is 4.13. The van der Waals surface area contributed by atoms with Crippen LogP contribution in [0.25, 0.3) is 22.3 Å². The minimum Gasteiger partial charge on any atom is -0.493 e. The first-order valence-corrected chi connectivity index (χ1v) is 9.01. The normalized spacial score (nSPS) is 12.7. The van der Waals surface area contributed by atoms with Crippen LogP contribution in [0, 0.1) is 0 Å².